The Bertz CT molecular complexity index is 797. The number of rotatable bonds is 5. The zero-order valence-electron chi connectivity index (χ0n) is 15.2. The van der Waals surface area contributed by atoms with Crippen LogP contribution in [-0.2, 0) is 15.0 Å². The van der Waals surface area contributed by atoms with Gasteiger partial charge in [0, 0.05) is 0 Å². The largest absolute Gasteiger partial charge is 0.480 e. The number of carboxylic acid groups (broad SMARTS) is 1. The van der Waals surface area contributed by atoms with Crippen molar-refractivity contribution in [3.8, 4) is 0 Å². The molecule has 1 N–H and O–H groups in total. The summed E-state index contributed by atoms with van der Waals surface area (Å²) in [6.45, 7) is 3.58. The van der Waals surface area contributed by atoms with Crippen molar-refractivity contribution in [1.29, 1.82) is 0 Å². The number of ketones is 1. The predicted octanol–water partition coefficient (Wildman–Crippen LogP) is 4.76. The van der Waals surface area contributed by atoms with Gasteiger partial charge in [-0.15, -0.1) is 0 Å². The van der Waals surface area contributed by atoms with Crippen LogP contribution in [0.5, 0.6) is 0 Å². The molecule has 1 aliphatic carbocycles. The van der Waals surface area contributed by atoms with E-state index in [4.69, 9.17) is 0 Å². The molecule has 1 aliphatic rings. The van der Waals surface area contributed by atoms with E-state index in [2.05, 4.69) is 0 Å². The number of allylic oxidation sites excluding steroid dienone is 2. The van der Waals surface area contributed by atoms with Crippen molar-refractivity contribution in [1.82, 2.24) is 0 Å². The molecule has 0 saturated carbocycles. The number of carboxylic acids is 1. The van der Waals surface area contributed by atoms with E-state index in [-0.39, 0.29) is 5.78 Å². The summed E-state index contributed by atoms with van der Waals surface area (Å²) in [5.41, 5.74) is 0.0885. The fourth-order valence-corrected chi connectivity index (χ4v) is 4.43. The molecule has 3 nitrogen and oxygen atoms in total. The van der Waals surface area contributed by atoms with Crippen LogP contribution in [0.4, 0.5) is 0 Å². The number of benzene rings is 2. The maximum absolute atomic E-state index is 13.0. The SMILES string of the molecule is CC(=O)[C@@]1(C(C(=O)O)(c2ccccc2)c2ccccc2)CC=C(C)CC1. The lowest BCUT2D eigenvalue weighted by atomic mass is 9.51. The summed E-state index contributed by atoms with van der Waals surface area (Å²) in [5.74, 6) is -1.05. The third kappa shape index (κ3) is 2.59. The molecule has 3 heteroatoms. The molecule has 0 bridgehead atoms. The van der Waals surface area contributed by atoms with Gasteiger partial charge in [-0.1, -0.05) is 72.3 Å². The molecule has 0 amide bonds. The minimum Gasteiger partial charge on any atom is -0.480 e. The number of carbonyl (C=O) groups is 2. The van der Waals surface area contributed by atoms with E-state index in [1.807, 2.05) is 73.7 Å². The fourth-order valence-electron chi connectivity index (χ4n) is 4.43. The first-order chi connectivity index (χ1) is 12.4. The second kappa shape index (κ2) is 6.91. The van der Waals surface area contributed by atoms with E-state index in [1.54, 1.807) is 0 Å². The highest BCUT2D eigenvalue weighted by Crippen LogP contribution is 2.55. The van der Waals surface area contributed by atoms with Crippen molar-refractivity contribution in [3.63, 3.8) is 0 Å². The van der Waals surface area contributed by atoms with Gasteiger partial charge in [-0.05, 0) is 44.2 Å². The Labute approximate surface area is 154 Å². The minimum atomic E-state index is -1.42. The van der Waals surface area contributed by atoms with Gasteiger partial charge in [0.05, 0.1) is 5.41 Å². The molecular weight excluding hydrogens is 324 g/mol. The molecule has 0 heterocycles. The predicted molar refractivity (Wildman–Crippen MR) is 102 cm³/mol. The van der Waals surface area contributed by atoms with Crippen molar-refractivity contribution >= 4 is 11.8 Å². The standard InChI is InChI=1S/C23H24O3/c1-17-13-15-22(16-14-17,18(2)24)23(21(25)26,19-9-5-3-6-10-19)20-11-7-4-8-12-20/h3-13H,14-16H2,1-2H3,(H,25,26)/t22-/m1/s1. The Morgan fingerprint density at radius 2 is 1.46 bits per heavy atom. The van der Waals surface area contributed by atoms with E-state index in [0.29, 0.717) is 24.0 Å². The summed E-state index contributed by atoms with van der Waals surface area (Å²) in [7, 11) is 0. The van der Waals surface area contributed by atoms with Crippen LogP contribution in [0, 0.1) is 5.41 Å². The smallest absolute Gasteiger partial charge is 0.319 e. The molecule has 2 aromatic rings. The molecule has 0 spiro atoms. The van der Waals surface area contributed by atoms with Crippen molar-refractivity contribution in [2.45, 2.75) is 38.5 Å². The second-order valence-corrected chi connectivity index (χ2v) is 7.18. The molecule has 26 heavy (non-hydrogen) atoms. The van der Waals surface area contributed by atoms with Gasteiger partial charge in [-0.3, -0.25) is 9.59 Å². The monoisotopic (exact) mass is 348 g/mol. The number of hydrogen-bond donors (Lipinski definition) is 1. The average Bonchev–Trinajstić information content (AvgIpc) is 2.65. The third-order valence-corrected chi connectivity index (χ3v) is 5.87. The molecule has 0 saturated heterocycles. The van der Waals surface area contributed by atoms with Gasteiger partial charge in [0.15, 0.2) is 0 Å². The van der Waals surface area contributed by atoms with E-state index in [1.165, 1.54) is 12.5 Å². The quantitative estimate of drug-likeness (QED) is 0.792. The van der Waals surface area contributed by atoms with Crippen LogP contribution in [-0.4, -0.2) is 16.9 Å². The van der Waals surface area contributed by atoms with E-state index >= 15 is 0 Å². The minimum absolute atomic E-state index is 0.0728. The number of hydrogen-bond acceptors (Lipinski definition) is 2. The lowest BCUT2D eigenvalue weighted by molar-refractivity contribution is -0.153. The molecule has 3 rings (SSSR count). The summed E-state index contributed by atoms with van der Waals surface area (Å²) < 4.78 is 0. The molecular formula is C23H24O3. The van der Waals surface area contributed by atoms with Crippen LogP contribution in [0.2, 0.25) is 0 Å². The normalized spacial score (nSPS) is 20.3. The third-order valence-electron chi connectivity index (χ3n) is 5.87. The Morgan fingerprint density at radius 1 is 0.962 bits per heavy atom. The fraction of sp³-hybridized carbons (Fsp3) is 0.304. The van der Waals surface area contributed by atoms with Crippen molar-refractivity contribution < 1.29 is 14.7 Å². The molecule has 134 valence electrons. The van der Waals surface area contributed by atoms with Gasteiger partial charge in [-0.2, -0.15) is 0 Å². The lowest BCUT2D eigenvalue weighted by Crippen LogP contribution is -2.56. The maximum atomic E-state index is 13.0. The molecule has 0 aromatic heterocycles. The van der Waals surface area contributed by atoms with Gasteiger partial charge in [0.1, 0.15) is 11.2 Å². The van der Waals surface area contributed by atoms with Crippen LogP contribution in [0.25, 0.3) is 0 Å². The first-order valence-corrected chi connectivity index (χ1v) is 8.96. The number of aliphatic carboxylic acids is 1. The zero-order chi connectivity index (χ0) is 18.8. The van der Waals surface area contributed by atoms with Crippen molar-refractivity contribution in [2.75, 3.05) is 0 Å². The average molecular weight is 348 g/mol. The topological polar surface area (TPSA) is 54.4 Å². The lowest BCUT2D eigenvalue weighted by Gasteiger charge is -2.48. The van der Waals surface area contributed by atoms with E-state index in [0.717, 1.165) is 6.42 Å². The van der Waals surface area contributed by atoms with Gasteiger partial charge < -0.3 is 5.11 Å². The summed E-state index contributed by atoms with van der Waals surface area (Å²) in [6, 6.07) is 18.4. The zero-order valence-corrected chi connectivity index (χ0v) is 15.2. The maximum Gasteiger partial charge on any atom is 0.319 e. The molecule has 0 radical (unpaired) electrons. The van der Waals surface area contributed by atoms with Crippen LogP contribution in [0.3, 0.4) is 0 Å². The first-order valence-electron chi connectivity index (χ1n) is 8.96. The van der Waals surface area contributed by atoms with E-state index in [9.17, 15) is 14.7 Å². The van der Waals surface area contributed by atoms with Crippen molar-refractivity contribution in [3.05, 3.63) is 83.4 Å². The highest BCUT2D eigenvalue weighted by molar-refractivity contribution is 5.97. The Hall–Kier alpha value is -2.68. The first kappa shape index (κ1) is 18.1. The Balaban J connectivity index is 2.40. The Morgan fingerprint density at radius 3 is 1.81 bits per heavy atom. The van der Waals surface area contributed by atoms with Gasteiger partial charge in [0.25, 0.3) is 0 Å². The van der Waals surface area contributed by atoms with Gasteiger partial charge in [0.2, 0.25) is 0 Å². The van der Waals surface area contributed by atoms with Crippen LogP contribution < -0.4 is 0 Å². The van der Waals surface area contributed by atoms with Crippen LogP contribution >= 0.6 is 0 Å². The van der Waals surface area contributed by atoms with Crippen molar-refractivity contribution in [2.24, 2.45) is 5.41 Å². The highest BCUT2D eigenvalue weighted by Gasteiger charge is 2.61. The molecule has 0 fully saturated rings. The highest BCUT2D eigenvalue weighted by atomic mass is 16.4. The number of Topliss-reactive ketones (excluding diaryl/α,β-unsaturated/α-hetero) is 1. The van der Waals surface area contributed by atoms with E-state index < -0.39 is 16.8 Å². The summed E-state index contributed by atoms with van der Waals surface area (Å²) >= 11 is 0. The molecule has 1 atom stereocenters. The summed E-state index contributed by atoms with van der Waals surface area (Å²) in [6.07, 6.45) is 3.73. The van der Waals surface area contributed by atoms with Crippen LogP contribution in [0.15, 0.2) is 72.3 Å². The molecule has 2 aromatic carbocycles. The Kier molecular flexibility index (Phi) is 4.82. The van der Waals surface area contributed by atoms with Gasteiger partial charge in [-0.25, -0.2) is 0 Å². The summed E-state index contributed by atoms with van der Waals surface area (Å²) in [5, 5.41) is 10.6. The number of carbonyl (C=O) groups excluding carboxylic acids is 1. The molecule has 0 unspecified atom stereocenters. The van der Waals surface area contributed by atoms with Crippen LogP contribution in [0.1, 0.15) is 44.2 Å². The molecule has 0 aliphatic heterocycles. The second-order valence-electron chi connectivity index (χ2n) is 7.18. The van der Waals surface area contributed by atoms with Gasteiger partial charge >= 0.3 is 5.97 Å². The summed E-state index contributed by atoms with van der Waals surface area (Å²) in [4.78, 5) is 26.0.